The molecule has 4 nitrogen and oxygen atoms in total. The minimum atomic E-state index is -0.253. The summed E-state index contributed by atoms with van der Waals surface area (Å²) in [6.45, 7) is 5.43. The number of rotatable bonds is 4. The van der Waals surface area contributed by atoms with Crippen LogP contribution < -0.4 is 5.32 Å². The lowest BCUT2D eigenvalue weighted by Crippen LogP contribution is -2.37. The van der Waals surface area contributed by atoms with Crippen LogP contribution in [0.4, 0.5) is 5.69 Å². The molecule has 0 aromatic heterocycles. The summed E-state index contributed by atoms with van der Waals surface area (Å²) in [7, 11) is 0. The SMILES string of the molecule is CC(C)c1ccccc1NC(=O)CC(=O)N1CCc2ccccc2C1. The van der Waals surface area contributed by atoms with Gasteiger partial charge in [0, 0.05) is 18.8 Å². The molecule has 1 heterocycles. The average Bonchev–Trinajstić information content (AvgIpc) is 2.61. The number of nitrogens with one attached hydrogen (secondary N) is 1. The quantitative estimate of drug-likeness (QED) is 0.865. The third kappa shape index (κ3) is 4.08. The molecular formula is C21H24N2O2. The first-order valence-corrected chi connectivity index (χ1v) is 8.78. The molecule has 2 amide bonds. The van der Waals surface area contributed by atoms with Gasteiger partial charge in [-0.25, -0.2) is 0 Å². The predicted molar refractivity (Wildman–Crippen MR) is 99.3 cm³/mol. The van der Waals surface area contributed by atoms with E-state index >= 15 is 0 Å². The predicted octanol–water partition coefficient (Wildman–Crippen LogP) is 3.72. The van der Waals surface area contributed by atoms with Gasteiger partial charge in [-0.05, 0) is 35.1 Å². The zero-order valence-corrected chi connectivity index (χ0v) is 14.8. The van der Waals surface area contributed by atoms with Crippen molar-refractivity contribution in [3.05, 3.63) is 65.2 Å². The van der Waals surface area contributed by atoms with Crippen LogP contribution in [0.15, 0.2) is 48.5 Å². The highest BCUT2D eigenvalue weighted by atomic mass is 16.2. The summed E-state index contributed by atoms with van der Waals surface area (Å²) < 4.78 is 0. The second-order valence-corrected chi connectivity index (χ2v) is 6.80. The number of anilines is 1. The first-order chi connectivity index (χ1) is 12.0. The highest BCUT2D eigenvalue weighted by Gasteiger charge is 2.22. The molecule has 0 saturated carbocycles. The van der Waals surface area contributed by atoms with Gasteiger partial charge >= 0.3 is 0 Å². The van der Waals surface area contributed by atoms with Crippen molar-refractivity contribution < 1.29 is 9.59 Å². The maximum absolute atomic E-state index is 12.5. The molecular weight excluding hydrogens is 312 g/mol. The van der Waals surface area contributed by atoms with Crippen LogP contribution in [0, 0.1) is 0 Å². The molecule has 0 bridgehead atoms. The van der Waals surface area contributed by atoms with Gasteiger partial charge in [0.2, 0.25) is 11.8 Å². The highest BCUT2D eigenvalue weighted by Crippen LogP contribution is 2.24. The number of benzene rings is 2. The molecule has 1 aliphatic heterocycles. The first kappa shape index (κ1) is 17.2. The van der Waals surface area contributed by atoms with Crippen LogP contribution in [0.2, 0.25) is 0 Å². The Kier molecular flexibility index (Phi) is 5.17. The van der Waals surface area contributed by atoms with E-state index < -0.39 is 0 Å². The Morgan fingerprint density at radius 1 is 1.04 bits per heavy atom. The third-order valence-electron chi connectivity index (χ3n) is 4.65. The minimum absolute atomic E-state index is 0.116. The maximum atomic E-state index is 12.5. The molecule has 1 N–H and O–H groups in total. The molecule has 0 atom stereocenters. The van der Waals surface area contributed by atoms with E-state index in [-0.39, 0.29) is 18.2 Å². The number of hydrogen-bond donors (Lipinski definition) is 1. The van der Waals surface area contributed by atoms with Gasteiger partial charge in [-0.1, -0.05) is 56.3 Å². The smallest absolute Gasteiger partial charge is 0.233 e. The number of para-hydroxylation sites is 1. The molecule has 1 aliphatic rings. The van der Waals surface area contributed by atoms with Crippen LogP contribution in [0.1, 0.15) is 42.9 Å². The Morgan fingerprint density at radius 3 is 2.48 bits per heavy atom. The monoisotopic (exact) mass is 336 g/mol. The zero-order valence-electron chi connectivity index (χ0n) is 14.8. The summed E-state index contributed by atoms with van der Waals surface area (Å²) in [6.07, 6.45) is 0.730. The maximum Gasteiger partial charge on any atom is 0.233 e. The van der Waals surface area contributed by atoms with Crippen LogP contribution >= 0.6 is 0 Å². The topological polar surface area (TPSA) is 49.4 Å². The van der Waals surface area contributed by atoms with Gasteiger partial charge in [0.25, 0.3) is 0 Å². The third-order valence-corrected chi connectivity index (χ3v) is 4.65. The van der Waals surface area contributed by atoms with Crippen molar-refractivity contribution in [2.24, 2.45) is 0 Å². The summed E-state index contributed by atoms with van der Waals surface area (Å²) in [5.41, 5.74) is 4.34. The number of amides is 2. The Bertz CT molecular complexity index is 783. The van der Waals surface area contributed by atoms with Crippen LogP contribution in [0.25, 0.3) is 0 Å². The minimum Gasteiger partial charge on any atom is -0.338 e. The average molecular weight is 336 g/mol. The fourth-order valence-corrected chi connectivity index (χ4v) is 3.27. The summed E-state index contributed by atoms with van der Waals surface area (Å²) >= 11 is 0. The summed E-state index contributed by atoms with van der Waals surface area (Å²) in [5.74, 6) is -0.0585. The van der Waals surface area contributed by atoms with Crippen LogP contribution in [-0.2, 0) is 22.6 Å². The molecule has 0 radical (unpaired) electrons. The van der Waals surface area contributed by atoms with Crippen LogP contribution in [-0.4, -0.2) is 23.3 Å². The summed E-state index contributed by atoms with van der Waals surface area (Å²) in [6, 6.07) is 15.9. The molecule has 2 aromatic carbocycles. The molecule has 0 saturated heterocycles. The van der Waals surface area contributed by atoms with Crippen molar-refractivity contribution in [1.82, 2.24) is 4.90 Å². The van der Waals surface area contributed by atoms with Gasteiger partial charge in [0.1, 0.15) is 6.42 Å². The second-order valence-electron chi connectivity index (χ2n) is 6.80. The largest absolute Gasteiger partial charge is 0.338 e. The van der Waals surface area contributed by atoms with E-state index in [1.165, 1.54) is 11.1 Å². The van der Waals surface area contributed by atoms with Gasteiger partial charge in [-0.3, -0.25) is 9.59 Å². The molecule has 3 rings (SSSR count). The summed E-state index contributed by atoms with van der Waals surface area (Å²) in [4.78, 5) is 26.6. The molecule has 0 aliphatic carbocycles. The fraction of sp³-hybridized carbons (Fsp3) is 0.333. The van der Waals surface area contributed by atoms with Gasteiger partial charge in [-0.2, -0.15) is 0 Å². The lowest BCUT2D eigenvalue weighted by atomic mass is 9.99. The van der Waals surface area contributed by atoms with Crippen molar-refractivity contribution in [2.45, 2.75) is 39.2 Å². The molecule has 25 heavy (non-hydrogen) atoms. The van der Waals surface area contributed by atoms with E-state index in [2.05, 4.69) is 25.2 Å². The Hall–Kier alpha value is -2.62. The van der Waals surface area contributed by atoms with Crippen molar-refractivity contribution in [2.75, 3.05) is 11.9 Å². The Morgan fingerprint density at radius 2 is 1.72 bits per heavy atom. The first-order valence-electron chi connectivity index (χ1n) is 8.78. The Balaban J connectivity index is 1.61. The Labute approximate surface area is 148 Å². The summed E-state index contributed by atoms with van der Waals surface area (Å²) in [5, 5.41) is 2.89. The van der Waals surface area contributed by atoms with Crippen molar-refractivity contribution in [1.29, 1.82) is 0 Å². The number of fused-ring (bicyclic) bond motifs is 1. The zero-order chi connectivity index (χ0) is 17.8. The normalized spacial score (nSPS) is 13.5. The molecule has 130 valence electrons. The fourth-order valence-electron chi connectivity index (χ4n) is 3.27. The number of carbonyl (C=O) groups excluding carboxylic acids is 2. The van der Waals surface area contributed by atoms with E-state index in [4.69, 9.17) is 0 Å². The van der Waals surface area contributed by atoms with Gasteiger partial charge in [-0.15, -0.1) is 0 Å². The number of carbonyl (C=O) groups is 2. The van der Waals surface area contributed by atoms with Gasteiger partial charge in [0.05, 0.1) is 0 Å². The number of hydrogen-bond acceptors (Lipinski definition) is 2. The van der Waals surface area contributed by atoms with Gasteiger partial charge < -0.3 is 10.2 Å². The molecule has 2 aromatic rings. The van der Waals surface area contributed by atoms with Crippen molar-refractivity contribution >= 4 is 17.5 Å². The lowest BCUT2D eigenvalue weighted by molar-refractivity contribution is -0.135. The molecule has 0 spiro atoms. The molecule has 0 fully saturated rings. The highest BCUT2D eigenvalue weighted by molar-refractivity contribution is 6.03. The van der Waals surface area contributed by atoms with E-state index in [0.29, 0.717) is 19.0 Å². The van der Waals surface area contributed by atoms with E-state index in [0.717, 1.165) is 17.7 Å². The van der Waals surface area contributed by atoms with E-state index in [9.17, 15) is 9.59 Å². The second kappa shape index (κ2) is 7.51. The van der Waals surface area contributed by atoms with Crippen molar-refractivity contribution in [3.8, 4) is 0 Å². The molecule has 0 unspecified atom stereocenters. The van der Waals surface area contributed by atoms with E-state index in [1.807, 2.05) is 42.5 Å². The molecule has 4 heteroatoms. The van der Waals surface area contributed by atoms with Crippen LogP contribution in [0.5, 0.6) is 0 Å². The van der Waals surface area contributed by atoms with E-state index in [1.54, 1.807) is 4.90 Å². The van der Waals surface area contributed by atoms with Gasteiger partial charge in [0.15, 0.2) is 0 Å². The lowest BCUT2D eigenvalue weighted by Gasteiger charge is -2.28. The standard InChI is InChI=1S/C21H24N2O2/c1-15(2)18-9-5-6-10-19(18)22-20(24)13-21(25)23-12-11-16-7-3-4-8-17(16)14-23/h3-10,15H,11-14H2,1-2H3,(H,22,24). The van der Waals surface area contributed by atoms with Crippen molar-refractivity contribution in [3.63, 3.8) is 0 Å². The number of nitrogens with zero attached hydrogens (tertiary/aromatic N) is 1. The van der Waals surface area contributed by atoms with Crippen LogP contribution in [0.3, 0.4) is 0 Å².